The Bertz CT molecular complexity index is 1230. The number of fused-ring (bicyclic) bond motifs is 2. The summed E-state index contributed by atoms with van der Waals surface area (Å²) in [5.74, 6) is -1.61. The summed E-state index contributed by atoms with van der Waals surface area (Å²) >= 11 is 0. The van der Waals surface area contributed by atoms with E-state index >= 15 is 0 Å². The first-order valence-corrected chi connectivity index (χ1v) is 11.5. The Morgan fingerprint density at radius 1 is 1.20 bits per heavy atom. The van der Waals surface area contributed by atoms with Crippen molar-refractivity contribution in [2.45, 2.75) is 31.3 Å². The number of halogens is 1. The SMILES string of the molecule is O=C(NCc1ccc(F)cc1N1CCNC1=O)c1nc2n(c(=O)c1O)CCOCC21CCOCC1. The quantitative estimate of drug-likeness (QED) is 0.576. The molecular weight excluding hydrogens is 461 g/mol. The summed E-state index contributed by atoms with van der Waals surface area (Å²) in [6.45, 7) is 2.51. The molecule has 1 spiro atoms. The zero-order valence-corrected chi connectivity index (χ0v) is 19.0. The minimum atomic E-state index is -0.753. The predicted molar refractivity (Wildman–Crippen MR) is 121 cm³/mol. The number of benzene rings is 1. The third-order valence-corrected chi connectivity index (χ3v) is 6.76. The van der Waals surface area contributed by atoms with Gasteiger partial charge in [0.05, 0.1) is 30.9 Å². The van der Waals surface area contributed by atoms with E-state index in [0.29, 0.717) is 69.4 Å². The lowest BCUT2D eigenvalue weighted by molar-refractivity contribution is 0.00413. The van der Waals surface area contributed by atoms with Crippen molar-refractivity contribution in [2.75, 3.05) is 44.4 Å². The summed E-state index contributed by atoms with van der Waals surface area (Å²) in [5, 5.41) is 15.9. The zero-order valence-electron chi connectivity index (χ0n) is 19.0. The van der Waals surface area contributed by atoms with E-state index in [4.69, 9.17) is 9.47 Å². The molecule has 1 aromatic heterocycles. The monoisotopic (exact) mass is 487 g/mol. The summed E-state index contributed by atoms with van der Waals surface area (Å²) in [5.41, 5.74) is -0.844. The Hall–Kier alpha value is -3.51. The average Bonchev–Trinajstić information content (AvgIpc) is 3.21. The Balaban J connectivity index is 1.45. The standard InChI is InChI=1S/C23H26FN5O6/c24-15-2-1-14(16(11-15)28-6-5-25-22(28)33)12-26-19(31)17-18(30)20(32)29-7-10-35-13-23(21(29)27-17)3-8-34-9-4-23/h1-2,11,30H,3-10,12-13H2,(H,25,33)(H,26,31). The van der Waals surface area contributed by atoms with Gasteiger partial charge in [0.25, 0.3) is 11.5 Å². The van der Waals surface area contributed by atoms with Crippen molar-refractivity contribution < 1.29 is 28.6 Å². The van der Waals surface area contributed by atoms with Gasteiger partial charge in [-0.05, 0) is 30.5 Å². The maximum Gasteiger partial charge on any atom is 0.322 e. The fourth-order valence-corrected chi connectivity index (χ4v) is 4.83. The Kier molecular flexibility index (Phi) is 6.15. The third-order valence-electron chi connectivity index (χ3n) is 6.76. The molecule has 2 saturated heterocycles. The van der Waals surface area contributed by atoms with Crippen LogP contribution >= 0.6 is 0 Å². The molecule has 0 atom stereocenters. The lowest BCUT2D eigenvalue weighted by Crippen LogP contribution is -2.43. The number of nitrogens with zero attached hydrogens (tertiary/aromatic N) is 3. The second kappa shape index (κ2) is 9.27. The molecule has 0 saturated carbocycles. The maximum atomic E-state index is 13.9. The smallest absolute Gasteiger partial charge is 0.322 e. The summed E-state index contributed by atoms with van der Waals surface area (Å²) in [4.78, 5) is 44.1. The molecule has 12 heteroatoms. The van der Waals surface area contributed by atoms with E-state index in [9.17, 15) is 23.9 Å². The summed E-state index contributed by atoms with van der Waals surface area (Å²) < 4.78 is 26.5. The van der Waals surface area contributed by atoms with Crippen LogP contribution in [0.25, 0.3) is 0 Å². The van der Waals surface area contributed by atoms with Crippen molar-refractivity contribution in [2.24, 2.45) is 0 Å². The van der Waals surface area contributed by atoms with Gasteiger partial charge in [-0.2, -0.15) is 0 Å². The molecule has 2 aromatic rings. The van der Waals surface area contributed by atoms with Crippen molar-refractivity contribution in [1.29, 1.82) is 0 Å². The number of hydrogen-bond donors (Lipinski definition) is 3. The van der Waals surface area contributed by atoms with Gasteiger partial charge >= 0.3 is 6.03 Å². The van der Waals surface area contributed by atoms with E-state index in [0.717, 1.165) is 0 Å². The molecule has 0 unspecified atom stereocenters. The number of carbonyl (C=O) groups excluding carboxylic acids is 2. The molecule has 0 aliphatic carbocycles. The van der Waals surface area contributed by atoms with Gasteiger partial charge < -0.3 is 25.2 Å². The molecule has 1 aromatic carbocycles. The lowest BCUT2D eigenvalue weighted by atomic mass is 9.80. The Morgan fingerprint density at radius 3 is 2.74 bits per heavy atom. The van der Waals surface area contributed by atoms with Gasteiger partial charge in [-0.15, -0.1) is 0 Å². The normalized spacial score (nSPS) is 19.2. The van der Waals surface area contributed by atoms with Crippen LogP contribution < -0.4 is 21.1 Å². The van der Waals surface area contributed by atoms with Crippen LogP contribution in [-0.2, 0) is 28.0 Å². The molecule has 0 radical (unpaired) electrons. The number of carbonyl (C=O) groups is 2. The van der Waals surface area contributed by atoms with Gasteiger partial charge in [-0.25, -0.2) is 14.2 Å². The largest absolute Gasteiger partial charge is 0.501 e. The fourth-order valence-electron chi connectivity index (χ4n) is 4.83. The zero-order chi connectivity index (χ0) is 24.6. The van der Waals surface area contributed by atoms with Crippen molar-refractivity contribution in [3.05, 3.63) is 51.5 Å². The second-order valence-electron chi connectivity index (χ2n) is 8.87. The predicted octanol–water partition coefficient (Wildman–Crippen LogP) is 0.626. The number of rotatable bonds is 4. The molecule has 11 nitrogen and oxygen atoms in total. The van der Waals surface area contributed by atoms with E-state index < -0.39 is 28.4 Å². The molecule has 3 amide bonds. The van der Waals surface area contributed by atoms with Crippen molar-refractivity contribution in [3.8, 4) is 5.75 Å². The highest BCUT2D eigenvalue weighted by Gasteiger charge is 2.41. The van der Waals surface area contributed by atoms with Crippen LogP contribution in [0, 0.1) is 5.82 Å². The highest BCUT2D eigenvalue weighted by molar-refractivity contribution is 5.96. The summed E-state index contributed by atoms with van der Waals surface area (Å²) in [6, 6.07) is 3.58. The Labute approximate surface area is 199 Å². The van der Waals surface area contributed by atoms with Crippen LogP contribution in [0.3, 0.4) is 0 Å². The maximum absolute atomic E-state index is 13.9. The first-order valence-electron chi connectivity index (χ1n) is 11.5. The van der Waals surface area contributed by atoms with Crippen molar-refractivity contribution in [1.82, 2.24) is 20.2 Å². The van der Waals surface area contributed by atoms with E-state index in [1.165, 1.54) is 27.7 Å². The number of nitrogens with one attached hydrogen (secondary N) is 2. The molecule has 0 bridgehead atoms. The van der Waals surface area contributed by atoms with Crippen molar-refractivity contribution in [3.63, 3.8) is 0 Å². The molecular formula is C23H26FN5O6. The number of anilines is 1. The third kappa shape index (κ3) is 4.23. The van der Waals surface area contributed by atoms with Gasteiger partial charge in [-0.3, -0.25) is 19.1 Å². The summed E-state index contributed by atoms with van der Waals surface area (Å²) in [6.07, 6.45) is 1.14. The molecule has 35 heavy (non-hydrogen) atoms. The average molecular weight is 487 g/mol. The highest BCUT2D eigenvalue weighted by Crippen LogP contribution is 2.35. The van der Waals surface area contributed by atoms with Crippen LogP contribution in [0.1, 0.15) is 34.7 Å². The van der Waals surface area contributed by atoms with Crippen LogP contribution in [-0.4, -0.2) is 66.1 Å². The van der Waals surface area contributed by atoms with Crippen LogP contribution in [0.4, 0.5) is 14.9 Å². The minimum Gasteiger partial charge on any atom is -0.501 e. The van der Waals surface area contributed by atoms with Gasteiger partial charge in [0.15, 0.2) is 5.69 Å². The molecule has 3 aliphatic rings. The first kappa shape index (κ1) is 23.2. The van der Waals surface area contributed by atoms with Gasteiger partial charge in [0, 0.05) is 32.8 Å². The minimum absolute atomic E-state index is 0.0696. The number of amides is 3. The molecule has 4 heterocycles. The fraction of sp³-hybridized carbons (Fsp3) is 0.478. The summed E-state index contributed by atoms with van der Waals surface area (Å²) in [7, 11) is 0. The number of aromatic nitrogens is 2. The van der Waals surface area contributed by atoms with Crippen LogP contribution in [0.15, 0.2) is 23.0 Å². The Morgan fingerprint density at radius 2 is 2.00 bits per heavy atom. The van der Waals surface area contributed by atoms with E-state index in [-0.39, 0.29) is 24.8 Å². The number of urea groups is 1. The van der Waals surface area contributed by atoms with Crippen LogP contribution in [0.2, 0.25) is 0 Å². The topological polar surface area (TPSA) is 135 Å². The van der Waals surface area contributed by atoms with E-state index in [2.05, 4.69) is 15.6 Å². The lowest BCUT2D eigenvalue weighted by Gasteiger charge is -2.35. The highest BCUT2D eigenvalue weighted by atomic mass is 19.1. The van der Waals surface area contributed by atoms with Gasteiger partial charge in [-0.1, -0.05) is 6.07 Å². The number of aromatic hydroxyl groups is 1. The molecule has 3 aliphatic heterocycles. The van der Waals surface area contributed by atoms with Crippen molar-refractivity contribution >= 4 is 17.6 Å². The molecule has 5 rings (SSSR count). The first-order chi connectivity index (χ1) is 16.9. The number of ether oxygens (including phenoxy) is 2. The number of hydrogen-bond acceptors (Lipinski definition) is 7. The molecule has 3 N–H and O–H groups in total. The molecule has 186 valence electrons. The molecule has 2 fully saturated rings. The van der Waals surface area contributed by atoms with Crippen LogP contribution in [0.5, 0.6) is 5.75 Å². The second-order valence-corrected chi connectivity index (χ2v) is 8.87. The van der Waals surface area contributed by atoms with E-state index in [1.807, 2.05) is 0 Å². The van der Waals surface area contributed by atoms with Gasteiger partial charge in [0.2, 0.25) is 5.75 Å². The van der Waals surface area contributed by atoms with E-state index in [1.54, 1.807) is 0 Å². The van der Waals surface area contributed by atoms with Gasteiger partial charge in [0.1, 0.15) is 11.6 Å².